The first kappa shape index (κ1) is 11.4. The van der Waals surface area contributed by atoms with Gasteiger partial charge in [0.2, 0.25) is 0 Å². The van der Waals surface area contributed by atoms with Gasteiger partial charge in [0.1, 0.15) is 11.1 Å². The van der Waals surface area contributed by atoms with E-state index in [-0.39, 0.29) is 0 Å². The fourth-order valence-corrected chi connectivity index (χ4v) is 2.94. The van der Waals surface area contributed by atoms with Gasteiger partial charge in [0, 0.05) is 16.5 Å². The molecule has 0 aliphatic rings. The Labute approximate surface area is 118 Å². The van der Waals surface area contributed by atoms with E-state index in [1.54, 1.807) is 24.2 Å². The molecule has 5 nitrogen and oxygen atoms in total. The summed E-state index contributed by atoms with van der Waals surface area (Å²) in [6.45, 7) is 0. The van der Waals surface area contributed by atoms with E-state index in [1.807, 2.05) is 24.3 Å². The number of rotatable bonds is 2. The van der Waals surface area contributed by atoms with Crippen molar-refractivity contribution in [2.45, 2.75) is 10.1 Å². The van der Waals surface area contributed by atoms with Crippen LogP contribution in [0, 0.1) is 0 Å². The number of aromatic nitrogens is 3. The van der Waals surface area contributed by atoms with Gasteiger partial charge in [-0.3, -0.25) is 0 Å². The van der Waals surface area contributed by atoms with Crippen LogP contribution in [0.5, 0.6) is 0 Å². The molecule has 0 atom stereocenters. The predicted octanol–water partition coefficient (Wildman–Crippen LogP) is 3.44. The summed E-state index contributed by atoms with van der Waals surface area (Å²) in [7, 11) is 0. The molecule has 0 spiro atoms. The topological polar surface area (TPSA) is 80.7 Å². The molecule has 3 aromatic heterocycles. The van der Waals surface area contributed by atoms with E-state index in [0.29, 0.717) is 11.3 Å². The van der Waals surface area contributed by atoms with Gasteiger partial charge in [-0.05, 0) is 30.3 Å². The van der Waals surface area contributed by atoms with Crippen molar-refractivity contribution in [2.24, 2.45) is 0 Å². The number of nitrogen functional groups attached to an aromatic ring is 1. The fourth-order valence-electron chi connectivity index (χ4n) is 2.10. The van der Waals surface area contributed by atoms with E-state index in [9.17, 15) is 0 Å². The summed E-state index contributed by atoms with van der Waals surface area (Å²) < 4.78 is 5.33. The summed E-state index contributed by atoms with van der Waals surface area (Å²) >= 11 is 1.55. The molecule has 0 amide bonds. The molecule has 0 radical (unpaired) electrons. The fraction of sp³-hybridized carbons (Fsp3) is 0. The smallest absolute Gasteiger partial charge is 0.171 e. The highest BCUT2D eigenvalue weighted by molar-refractivity contribution is 7.99. The predicted molar refractivity (Wildman–Crippen MR) is 78.6 cm³/mol. The minimum absolute atomic E-state index is 0.441. The number of pyridine rings is 1. The van der Waals surface area contributed by atoms with Gasteiger partial charge in [-0.2, -0.15) is 0 Å². The number of furan rings is 1. The molecule has 3 heterocycles. The molecule has 0 saturated carbocycles. The second-order valence-electron chi connectivity index (χ2n) is 4.36. The van der Waals surface area contributed by atoms with Gasteiger partial charge in [0.15, 0.2) is 11.0 Å². The minimum Gasteiger partial charge on any atom is -0.464 e. The first-order valence-electron chi connectivity index (χ1n) is 6.05. The Morgan fingerprint density at radius 3 is 3.05 bits per heavy atom. The second kappa shape index (κ2) is 4.28. The van der Waals surface area contributed by atoms with Crippen molar-refractivity contribution in [2.75, 3.05) is 5.73 Å². The first-order chi connectivity index (χ1) is 9.79. The summed E-state index contributed by atoms with van der Waals surface area (Å²) in [6.07, 6.45) is 3.36. The van der Waals surface area contributed by atoms with Gasteiger partial charge in [0.25, 0.3) is 0 Å². The standard InChI is InChI=1S/C14H10N4OS/c15-13-12-10(3-5-16-13)17-14(18-12)20-9-1-2-11-8(7-9)4-6-19-11/h1-7H,(H2,15,16)(H,17,18). The summed E-state index contributed by atoms with van der Waals surface area (Å²) in [4.78, 5) is 12.8. The molecule has 98 valence electrons. The molecule has 4 aromatic rings. The van der Waals surface area contributed by atoms with Crippen LogP contribution in [0.2, 0.25) is 0 Å². The van der Waals surface area contributed by atoms with E-state index in [2.05, 4.69) is 21.0 Å². The molecule has 0 aliphatic carbocycles. The maximum absolute atomic E-state index is 5.81. The van der Waals surface area contributed by atoms with Crippen molar-refractivity contribution >= 4 is 39.6 Å². The molecular weight excluding hydrogens is 272 g/mol. The van der Waals surface area contributed by atoms with Crippen LogP contribution in [0.1, 0.15) is 0 Å². The van der Waals surface area contributed by atoms with Gasteiger partial charge >= 0.3 is 0 Å². The molecule has 1 aromatic carbocycles. The van der Waals surface area contributed by atoms with Crippen LogP contribution < -0.4 is 5.73 Å². The van der Waals surface area contributed by atoms with Crippen molar-refractivity contribution in [3.05, 3.63) is 42.8 Å². The van der Waals surface area contributed by atoms with Gasteiger partial charge in [-0.25, -0.2) is 9.97 Å². The molecule has 6 heteroatoms. The van der Waals surface area contributed by atoms with Gasteiger partial charge in [0.05, 0.1) is 11.8 Å². The summed E-state index contributed by atoms with van der Waals surface area (Å²) in [5.74, 6) is 0.441. The molecule has 0 unspecified atom stereocenters. The van der Waals surface area contributed by atoms with E-state index in [4.69, 9.17) is 10.2 Å². The van der Waals surface area contributed by atoms with Crippen molar-refractivity contribution in [3.8, 4) is 0 Å². The highest BCUT2D eigenvalue weighted by atomic mass is 32.2. The summed E-state index contributed by atoms with van der Waals surface area (Å²) in [5.41, 5.74) is 8.29. The average molecular weight is 282 g/mol. The monoisotopic (exact) mass is 282 g/mol. The summed E-state index contributed by atoms with van der Waals surface area (Å²) in [6, 6.07) is 9.84. The maximum Gasteiger partial charge on any atom is 0.171 e. The van der Waals surface area contributed by atoms with Crippen molar-refractivity contribution in [3.63, 3.8) is 0 Å². The Morgan fingerprint density at radius 2 is 2.15 bits per heavy atom. The second-order valence-corrected chi connectivity index (χ2v) is 5.42. The quantitative estimate of drug-likeness (QED) is 0.588. The molecule has 0 saturated heterocycles. The van der Waals surface area contributed by atoms with E-state index in [1.165, 1.54) is 0 Å². The Bertz CT molecular complexity index is 912. The number of anilines is 1. The van der Waals surface area contributed by atoms with Gasteiger partial charge < -0.3 is 15.1 Å². The third-order valence-corrected chi connectivity index (χ3v) is 3.92. The van der Waals surface area contributed by atoms with Crippen LogP contribution >= 0.6 is 11.8 Å². The Morgan fingerprint density at radius 1 is 1.20 bits per heavy atom. The number of nitrogens with zero attached hydrogens (tertiary/aromatic N) is 2. The Hall–Kier alpha value is -2.47. The molecule has 0 bridgehead atoms. The molecule has 0 aliphatic heterocycles. The number of H-pyrrole nitrogens is 1. The number of imidazole rings is 1. The lowest BCUT2D eigenvalue weighted by Crippen LogP contribution is -1.89. The van der Waals surface area contributed by atoms with Crippen LogP contribution in [-0.2, 0) is 0 Å². The van der Waals surface area contributed by atoms with Gasteiger partial charge in [-0.1, -0.05) is 11.8 Å². The lowest BCUT2D eigenvalue weighted by Gasteiger charge is -1.97. The number of nitrogens with two attached hydrogens (primary N) is 1. The van der Waals surface area contributed by atoms with Gasteiger partial charge in [-0.15, -0.1) is 0 Å². The van der Waals surface area contributed by atoms with E-state index >= 15 is 0 Å². The number of fused-ring (bicyclic) bond motifs is 2. The zero-order chi connectivity index (χ0) is 13.5. The van der Waals surface area contributed by atoms with Crippen molar-refractivity contribution < 1.29 is 4.42 Å². The molecule has 0 fully saturated rings. The van der Waals surface area contributed by atoms with Crippen LogP contribution in [0.3, 0.4) is 0 Å². The molecule has 3 N–H and O–H groups in total. The van der Waals surface area contributed by atoms with E-state index < -0.39 is 0 Å². The van der Waals surface area contributed by atoms with Crippen molar-refractivity contribution in [1.82, 2.24) is 15.0 Å². The number of aromatic amines is 1. The Balaban J connectivity index is 1.74. The van der Waals surface area contributed by atoms with Crippen LogP contribution in [0.4, 0.5) is 5.82 Å². The number of hydrogen-bond acceptors (Lipinski definition) is 5. The lowest BCUT2D eigenvalue weighted by atomic mass is 10.3. The molecule has 4 rings (SSSR count). The van der Waals surface area contributed by atoms with Crippen molar-refractivity contribution in [1.29, 1.82) is 0 Å². The molecular formula is C14H10N4OS. The zero-order valence-corrected chi connectivity index (χ0v) is 11.1. The largest absolute Gasteiger partial charge is 0.464 e. The lowest BCUT2D eigenvalue weighted by molar-refractivity contribution is 0.615. The SMILES string of the molecule is Nc1nccc2[nH]c(Sc3ccc4occc4c3)nc12. The zero-order valence-electron chi connectivity index (χ0n) is 10.3. The van der Waals surface area contributed by atoms with E-state index in [0.717, 1.165) is 26.5 Å². The average Bonchev–Trinajstić information content (AvgIpc) is 3.05. The Kier molecular flexibility index (Phi) is 2.43. The first-order valence-corrected chi connectivity index (χ1v) is 6.86. The highest BCUT2D eigenvalue weighted by Gasteiger charge is 2.08. The minimum atomic E-state index is 0.441. The highest BCUT2D eigenvalue weighted by Crippen LogP contribution is 2.30. The molecule has 20 heavy (non-hydrogen) atoms. The summed E-state index contributed by atoms with van der Waals surface area (Å²) in [5, 5.41) is 1.87. The normalized spacial score (nSPS) is 11.4. The number of benzene rings is 1. The number of hydrogen-bond donors (Lipinski definition) is 2. The van der Waals surface area contributed by atoms with Crippen LogP contribution in [0.15, 0.2) is 57.3 Å². The third kappa shape index (κ3) is 1.81. The van der Waals surface area contributed by atoms with Crippen LogP contribution in [0.25, 0.3) is 22.0 Å². The number of nitrogens with one attached hydrogen (secondary N) is 1. The maximum atomic E-state index is 5.81. The third-order valence-electron chi connectivity index (χ3n) is 3.05. The van der Waals surface area contributed by atoms with Crippen LogP contribution in [-0.4, -0.2) is 15.0 Å².